The molecule has 1 aromatic rings. The minimum atomic E-state index is -0.777. The lowest BCUT2D eigenvalue weighted by molar-refractivity contribution is -0.112. The number of nitrogens with zero attached hydrogens (tertiary/aromatic N) is 1. The van der Waals surface area contributed by atoms with Crippen LogP contribution in [0.25, 0.3) is 0 Å². The Bertz CT molecular complexity index is 624. The first-order valence-electron chi connectivity index (χ1n) is 10.1. The summed E-state index contributed by atoms with van der Waals surface area (Å²) in [7, 11) is 0. The van der Waals surface area contributed by atoms with Gasteiger partial charge in [-0.05, 0) is 31.7 Å². The maximum Gasteiger partial charge on any atom is 0.412 e. The van der Waals surface area contributed by atoms with Crippen molar-refractivity contribution in [2.45, 2.75) is 83.3 Å². The monoisotopic (exact) mass is 373 g/mol. The van der Waals surface area contributed by atoms with E-state index in [9.17, 15) is 9.59 Å². The second kappa shape index (κ2) is 8.87. The summed E-state index contributed by atoms with van der Waals surface area (Å²) in [5.74, 6) is 0.583. The number of benzene rings is 1. The van der Waals surface area contributed by atoms with E-state index in [2.05, 4.69) is 0 Å². The molecule has 3 rings (SSSR count). The van der Waals surface area contributed by atoms with Gasteiger partial charge in [-0.25, -0.2) is 4.79 Å². The van der Waals surface area contributed by atoms with E-state index in [0.717, 1.165) is 18.3 Å². The van der Waals surface area contributed by atoms with Crippen LogP contribution in [0.1, 0.15) is 64.4 Å². The molecule has 1 amide bonds. The van der Waals surface area contributed by atoms with Gasteiger partial charge >= 0.3 is 6.09 Å². The van der Waals surface area contributed by atoms with Crippen LogP contribution in [-0.2, 0) is 20.9 Å². The highest BCUT2D eigenvalue weighted by Crippen LogP contribution is 2.39. The summed E-state index contributed by atoms with van der Waals surface area (Å²) in [6.45, 7) is 4.01. The number of rotatable bonds is 6. The normalized spacial score (nSPS) is 25.3. The van der Waals surface area contributed by atoms with E-state index in [1.807, 2.05) is 44.2 Å². The molecule has 27 heavy (non-hydrogen) atoms. The molecule has 5 nitrogen and oxygen atoms in total. The van der Waals surface area contributed by atoms with Crippen LogP contribution in [0.15, 0.2) is 30.3 Å². The Balaban J connectivity index is 1.72. The number of carbonyl (C=O) groups is 2. The zero-order valence-electron chi connectivity index (χ0n) is 16.4. The van der Waals surface area contributed by atoms with Crippen LogP contribution in [0.5, 0.6) is 0 Å². The van der Waals surface area contributed by atoms with E-state index < -0.39 is 5.72 Å². The summed E-state index contributed by atoms with van der Waals surface area (Å²) in [4.78, 5) is 25.9. The van der Waals surface area contributed by atoms with Gasteiger partial charge in [-0.2, -0.15) is 0 Å². The molecular formula is C22H31NO4. The first-order valence-corrected chi connectivity index (χ1v) is 10.1. The zero-order chi connectivity index (χ0) is 19.3. The molecule has 0 spiro atoms. The van der Waals surface area contributed by atoms with Crippen molar-refractivity contribution in [3.63, 3.8) is 0 Å². The molecule has 0 bridgehead atoms. The van der Waals surface area contributed by atoms with Gasteiger partial charge in [-0.15, -0.1) is 0 Å². The van der Waals surface area contributed by atoms with Gasteiger partial charge in [-0.1, -0.05) is 62.4 Å². The van der Waals surface area contributed by atoms with Gasteiger partial charge < -0.3 is 14.3 Å². The van der Waals surface area contributed by atoms with Crippen LogP contribution in [0.3, 0.4) is 0 Å². The van der Waals surface area contributed by atoms with Gasteiger partial charge in [-0.3, -0.25) is 4.90 Å². The second-order valence-corrected chi connectivity index (χ2v) is 8.22. The molecule has 0 radical (unpaired) electrons. The van der Waals surface area contributed by atoms with Gasteiger partial charge in [0.15, 0.2) is 0 Å². The third-order valence-corrected chi connectivity index (χ3v) is 5.81. The van der Waals surface area contributed by atoms with Crippen molar-refractivity contribution in [1.29, 1.82) is 0 Å². The maximum atomic E-state index is 13.0. The smallest absolute Gasteiger partial charge is 0.412 e. The standard InChI is InChI=1S/C22H31NO4/c1-22(2)23(21(25)26-16-18-11-7-4-8-12-18)19(20(27-22)13-14-24)15-17-9-5-3-6-10-17/h4,7-8,11-12,14,17,19-20H,3,5-6,9-10,13,15-16H2,1-2H3/t19-,20-/m0/s1. The van der Waals surface area contributed by atoms with Crippen molar-refractivity contribution < 1.29 is 19.1 Å². The lowest BCUT2D eigenvalue weighted by Gasteiger charge is -2.35. The fourth-order valence-corrected chi connectivity index (χ4v) is 4.54. The number of hydrogen-bond donors (Lipinski definition) is 0. The number of carbonyl (C=O) groups excluding carboxylic acids is 2. The first-order chi connectivity index (χ1) is 13.0. The fraction of sp³-hybridized carbons (Fsp3) is 0.636. The summed E-state index contributed by atoms with van der Waals surface area (Å²) in [6.07, 6.45) is 7.64. The van der Waals surface area contributed by atoms with Crippen LogP contribution in [-0.4, -0.2) is 35.2 Å². The Morgan fingerprint density at radius 1 is 1.22 bits per heavy atom. The Kier molecular flexibility index (Phi) is 6.53. The van der Waals surface area contributed by atoms with Crippen molar-refractivity contribution in [2.24, 2.45) is 5.92 Å². The molecule has 1 aliphatic heterocycles. The molecule has 0 aromatic heterocycles. The average molecular weight is 373 g/mol. The van der Waals surface area contributed by atoms with Crippen molar-refractivity contribution in [1.82, 2.24) is 4.90 Å². The molecule has 2 fully saturated rings. The molecule has 1 heterocycles. The van der Waals surface area contributed by atoms with Gasteiger partial charge in [0.05, 0.1) is 12.1 Å². The molecular weight excluding hydrogens is 342 g/mol. The zero-order valence-corrected chi connectivity index (χ0v) is 16.4. The summed E-state index contributed by atoms with van der Waals surface area (Å²) in [5, 5.41) is 0. The molecule has 0 N–H and O–H groups in total. The number of amides is 1. The van der Waals surface area contributed by atoms with Crippen LogP contribution >= 0.6 is 0 Å². The van der Waals surface area contributed by atoms with Gasteiger partial charge in [0.2, 0.25) is 0 Å². The van der Waals surface area contributed by atoms with E-state index in [1.54, 1.807) is 4.90 Å². The summed E-state index contributed by atoms with van der Waals surface area (Å²) >= 11 is 0. The molecule has 2 aliphatic rings. The molecule has 1 saturated carbocycles. The summed E-state index contributed by atoms with van der Waals surface area (Å²) < 4.78 is 11.7. The summed E-state index contributed by atoms with van der Waals surface area (Å²) in [5.41, 5.74) is 0.179. The Labute approximate surface area is 162 Å². The summed E-state index contributed by atoms with van der Waals surface area (Å²) in [6, 6.07) is 9.56. The van der Waals surface area contributed by atoms with Crippen molar-refractivity contribution in [3.8, 4) is 0 Å². The van der Waals surface area contributed by atoms with Gasteiger partial charge in [0.25, 0.3) is 0 Å². The molecule has 148 valence electrons. The Morgan fingerprint density at radius 2 is 1.93 bits per heavy atom. The lowest BCUT2D eigenvalue weighted by atomic mass is 9.83. The number of hydrogen-bond acceptors (Lipinski definition) is 4. The van der Waals surface area contributed by atoms with Crippen LogP contribution < -0.4 is 0 Å². The van der Waals surface area contributed by atoms with Crippen LogP contribution in [0.2, 0.25) is 0 Å². The molecule has 5 heteroatoms. The third kappa shape index (κ3) is 4.89. The highest BCUT2D eigenvalue weighted by atomic mass is 16.6. The van der Waals surface area contributed by atoms with E-state index in [1.165, 1.54) is 32.1 Å². The maximum absolute atomic E-state index is 13.0. The lowest BCUT2D eigenvalue weighted by Crippen LogP contribution is -2.49. The predicted octanol–water partition coefficient (Wildman–Crippen LogP) is 4.69. The van der Waals surface area contributed by atoms with Crippen molar-refractivity contribution >= 4 is 12.4 Å². The molecule has 1 aromatic carbocycles. The third-order valence-electron chi connectivity index (χ3n) is 5.81. The predicted molar refractivity (Wildman–Crippen MR) is 103 cm³/mol. The van der Waals surface area contributed by atoms with E-state index >= 15 is 0 Å². The molecule has 1 saturated heterocycles. The minimum Gasteiger partial charge on any atom is -0.444 e. The van der Waals surface area contributed by atoms with Crippen molar-refractivity contribution in [3.05, 3.63) is 35.9 Å². The fourth-order valence-electron chi connectivity index (χ4n) is 4.54. The molecule has 0 unspecified atom stereocenters. The average Bonchev–Trinajstić information content (AvgIpc) is 2.91. The minimum absolute atomic E-state index is 0.114. The van der Waals surface area contributed by atoms with Crippen molar-refractivity contribution in [2.75, 3.05) is 0 Å². The highest BCUT2D eigenvalue weighted by molar-refractivity contribution is 5.69. The quantitative estimate of drug-likeness (QED) is 0.679. The van der Waals surface area contributed by atoms with Crippen LogP contribution in [0.4, 0.5) is 4.79 Å². The molecule has 2 atom stereocenters. The highest BCUT2D eigenvalue weighted by Gasteiger charge is 2.50. The Hall–Kier alpha value is -1.88. The van der Waals surface area contributed by atoms with E-state index in [-0.39, 0.29) is 24.8 Å². The number of aldehydes is 1. The first kappa shape index (κ1) is 19.9. The van der Waals surface area contributed by atoms with Gasteiger partial charge in [0, 0.05) is 6.42 Å². The van der Waals surface area contributed by atoms with Gasteiger partial charge in [0.1, 0.15) is 18.6 Å². The Morgan fingerprint density at radius 3 is 2.59 bits per heavy atom. The SMILES string of the molecule is CC1(C)O[C@@H](CC=O)[C@H](CC2CCCCC2)N1C(=O)OCc1ccccc1. The topological polar surface area (TPSA) is 55.8 Å². The molecule has 1 aliphatic carbocycles. The van der Waals surface area contributed by atoms with E-state index in [0.29, 0.717) is 12.3 Å². The van der Waals surface area contributed by atoms with Crippen LogP contribution in [0, 0.1) is 5.92 Å². The number of ether oxygens (including phenoxy) is 2. The largest absolute Gasteiger partial charge is 0.444 e. The second-order valence-electron chi connectivity index (χ2n) is 8.22. The van der Waals surface area contributed by atoms with E-state index in [4.69, 9.17) is 9.47 Å².